The number of benzene rings is 2. The number of methoxy groups -OCH3 is 1. The zero-order chi connectivity index (χ0) is 18.4. The monoisotopic (exact) mass is 374 g/mol. The molecule has 0 aliphatic carbocycles. The number of halogens is 1. The number of ether oxygens (including phenoxy) is 2. The van der Waals surface area contributed by atoms with E-state index in [0.29, 0.717) is 36.1 Å². The molecule has 0 aromatic heterocycles. The molecule has 0 radical (unpaired) electrons. The van der Waals surface area contributed by atoms with Crippen LogP contribution in [0.1, 0.15) is 22.0 Å². The highest BCUT2D eigenvalue weighted by Crippen LogP contribution is 2.28. The molecule has 1 aliphatic rings. The molecule has 1 aliphatic heterocycles. The second-order valence-corrected chi connectivity index (χ2v) is 6.50. The van der Waals surface area contributed by atoms with Gasteiger partial charge in [-0.1, -0.05) is 41.9 Å². The van der Waals surface area contributed by atoms with Crippen LogP contribution in [0.15, 0.2) is 48.5 Å². The summed E-state index contributed by atoms with van der Waals surface area (Å²) in [5.41, 5.74) is 1.53. The van der Waals surface area contributed by atoms with Crippen LogP contribution in [0.25, 0.3) is 0 Å². The van der Waals surface area contributed by atoms with Gasteiger partial charge in [-0.2, -0.15) is 0 Å². The Bertz CT molecular complexity index is 747. The smallest absolute Gasteiger partial charge is 0.255 e. The van der Waals surface area contributed by atoms with Crippen LogP contribution in [-0.2, 0) is 4.74 Å². The Morgan fingerprint density at radius 2 is 1.88 bits per heavy atom. The zero-order valence-corrected chi connectivity index (χ0v) is 15.5. The van der Waals surface area contributed by atoms with Crippen LogP contribution in [-0.4, -0.2) is 50.8 Å². The lowest BCUT2D eigenvalue weighted by Gasteiger charge is -2.35. The van der Waals surface area contributed by atoms with Gasteiger partial charge in [-0.25, -0.2) is 0 Å². The molecular formula is C20H23ClN2O3. The Morgan fingerprint density at radius 3 is 2.62 bits per heavy atom. The Hall–Kier alpha value is -2.08. The Morgan fingerprint density at radius 1 is 1.19 bits per heavy atom. The summed E-state index contributed by atoms with van der Waals surface area (Å²) >= 11 is 6.43. The van der Waals surface area contributed by atoms with E-state index in [1.807, 2.05) is 36.4 Å². The minimum Gasteiger partial charge on any atom is -0.496 e. The van der Waals surface area contributed by atoms with Crippen molar-refractivity contribution in [2.75, 3.05) is 40.0 Å². The van der Waals surface area contributed by atoms with E-state index in [0.717, 1.165) is 18.7 Å². The van der Waals surface area contributed by atoms with Crippen molar-refractivity contribution < 1.29 is 14.3 Å². The van der Waals surface area contributed by atoms with Crippen molar-refractivity contribution in [2.45, 2.75) is 6.04 Å². The molecule has 3 rings (SSSR count). The average molecular weight is 375 g/mol. The van der Waals surface area contributed by atoms with Gasteiger partial charge in [0.25, 0.3) is 5.91 Å². The van der Waals surface area contributed by atoms with Gasteiger partial charge >= 0.3 is 0 Å². The molecular weight excluding hydrogens is 352 g/mol. The number of rotatable bonds is 6. The molecule has 5 nitrogen and oxygen atoms in total. The van der Waals surface area contributed by atoms with Gasteiger partial charge in [-0.05, 0) is 23.8 Å². The summed E-state index contributed by atoms with van der Waals surface area (Å²) in [6, 6.07) is 15.0. The maximum Gasteiger partial charge on any atom is 0.255 e. The molecule has 6 heteroatoms. The molecule has 1 N–H and O–H groups in total. The molecule has 2 aromatic carbocycles. The number of amides is 1. The summed E-state index contributed by atoms with van der Waals surface area (Å²) in [5.74, 6) is 0.401. The van der Waals surface area contributed by atoms with Crippen molar-refractivity contribution in [1.29, 1.82) is 0 Å². The Balaban J connectivity index is 1.77. The van der Waals surface area contributed by atoms with Crippen LogP contribution in [0.5, 0.6) is 5.75 Å². The van der Waals surface area contributed by atoms with Crippen molar-refractivity contribution in [3.8, 4) is 5.75 Å². The van der Waals surface area contributed by atoms with E-state index in [9.17, 15) is 4.79 Å². The van der Waals surface area contributed by atoms with Gasteiger partial charge in [0.15, 0.2) is 0 Å². The van der Waals surface area contributed by atoms with Gasteiger partial charge in [-0.15, -0.1) is 0 Å². The third-order valence-electron chi connectivity index (χ3n) is 4.56. The summed E-state index contributed by atoms with van der Waals surface area (Å²) in [6.07, 6.45) is 0. The first-order valence-corrected chi connectivity index (χ1v) is 9.06. The van der Waals surface area contributed by atoms with Crippen LogP contribution in [0.2, 0.25) is 5.02 Å². The van der Waals surface area contributed by atoms with Crippen LogP contribution in [0, 0.1) is 0 Å². The SMILES string of the molecule is COc1ccccc1C(=O)NCC(c1ccccc1Cl)N1CCOCC1. The highest BCUT2D eigenvalue weighted by Gasteiger charge is 2.25. The second-order valence-electron chi connectivity index (χ2n) is 6.10. The minimum absolute atomic E-state index is 0.00810. The fourth-order valence-electron chi connectivity index (χ4n) is 3.19. The van der Waals surface area contributed by atoms with Gasteiger partial charge in [0.1, 0.15) is 5.75 Å². The predicted octanol–water partition coefficient (Wildman–Crippen LogP) is 3.15. The quantitative estimate of drug-likeness (QED) is 0.843. The Labute approximate surface area is 158 Å². The normalized spacial score (nSPS) is 16.1. The molecule has 0 bridgehead atoms. The topological polar surface area (TPSA) is 50.8 Å². The van der Waals surface area contributed by atoms with Crippen molar-refractivity contribution in [1.82, 2.24) is 10.2 Å². The highest BCUT2D eigenvalue weighted by atomic mass is 35.5. The number of para-hydroxylation sites is 1. The van der Waals surface area contributed by atoms with Crippen LogP contribution < -0.4 is 10.1 Å². The van der Waals surface area contributed by atoms with Gasteiger partial charge in [0, 0.05) is 24.7 Å². The van der Waals surface area contributed by atoms with Crippen LogP contribution >= 0.6 is 11.6 Å². The van der Waals surface area contributed by atoms with E-state index < -0.39 is 0 Å². The number of carbonyl (C=O) groups excluding carboxylic acids is 1. The predicted molar refractivity (Wildman–Crippen MR) is 102 cm³/mol. The van der Waals surface area contributed by atoms with Gasteiger partial charge in [-0.3, -0.25) is 9.69 Å². The standard InChI is InChI=1S/C20H23ClN2O3/c1-25-19-9-5-3-7-16(19)20(24)22-14-18(23-10-12-26-13-11-23)15-6-2-4-8-17(15)21/h2-9,18H,10-14H2,1H3,(H,22,24). The molecule has 138 valence electrons. The number of morpholine rings is 1. The van der Waals surface area contributed by atoms with Crippen molar-refractivity contribution in [3.05, 3.63) is 64.7 Å². The highest BCUT2D eigenvalue weighted by molar-refractivity contribution is 6.31. The minimum atomic E-state index is -0.159. The lowest BCUT2D eigenvalue weighted by Crippen LogP contribution is -2.44. The maximum absolute atomic E-state index is 12.7. The van der Waals surface area contributed by atoms with E-state index in [1.54, 1.807) is 19.2 Å². The van der Waals surface area contributed by atoms with E-state index in [-0.39, 0.29) is 11.9 Å². The summed E-state index contributed by atoms with van der Waals surface area (Å²) in [5, 5.41) is 3.74. The van der Waals surface area contributed by atoms with E-state index in [4.69, 9.17) is 21.1 Å². The van der Waals surface area contributed by atoms with E-state index in [1.165, 1.54) is 0 Å². The van der Waals surface area contributed by atoms with Gasteiger partial charge in [0.05, 0.1) is 31.9 Å². The van der Waals surface area contributed by atoms with Crippen molar-refractivity contribution in [2.24, 2.45) is 0 Å². The lowest BCUT2D eigenvalue weighted by molar-refractivity contribution is 0.0162. The Kier molecular flexibility index (Phi) is 6.50. The first-order valence-electron chi connectivity index (χ1n) is 8.68. The molecule has 1 atom stereocenters. The molecule has 1 amide bonds. The summed E-state index contributed by atoms with van der Waals surface area (Å²) in [4.78, 5) is 15.0. The first kappa shape index (κ1) is 18.7. The summed E-state index contributed by atoms with van der Waals surface area (Å²) < 4.78 is 10.7. The van der Waals surface area contributed by atoms with E-state index in [2.05, 4.69) is 10.2 Å². The summed E-state index contributed by atoms with van der Waals surface area (Å²) in [7, 11) is 1.56. The summed E-state index contributed by atoms with van der Waals surface area (Å²) in [6.45, 7) is 3.43. The molecule has 1 heterocycles. The molecule has 1 unspecified atom stereocenters. The lowest BCUT2D eigenvalue weighted by atomic mass is 10.0. The van der Waals surface area contributed by atoms with Crippen LogP contribution in [0.4, 0.5) is 0 Å². The fraction of sp³-hybridized carbons (Fsp3) is 0.350. The van der Waals surface area contributed by atoms with Gasteiger partial charge in [0.2, 0.25) is 0 Å². The third kappa shape index (κ3) is 4.36. The maximum atomic E-state index is 12.7. The van der Waals surface area contributed by atoms with Gasteiger partial charge < -0.3 is 14.8 Å². The number of hydrogen-bond acceptors (Lipinski definition) is 4. The fourth-order valence-corrected chi connectivity index (χ4v) is 3.45. The third-order valence-corrected chi connectivity index (χ3v) is 4.90. The molecule has 0 saturated carbocycles. The molecule has 26 heavy (non-hydrogen) atoms. The average Bonchev–Trinajstić information content (AvgIpc) is 2.70. The number of carbonyl (C=O) groups is 1. The molecule has 1 fully saturated rings. The molecule has 2 aromatic rings. The zero-order valence-electron chi connectivity index (χ0n) is 14.8. The first-order chi connectivity index (χ1) is 12.7. The largest absolute Gasteiger partial charge is 0.496 e. The number of nitrogens with zero attached hydrogens (tertiary/aromatic N) is 1. The molecule has 1 saturated heterocycles. The van der Waals surface area contributed by atoms with Crippen LogP contribution in [0.3, 0.4) is 0 Å². The number of hydrogen-bond donors (Lipinski definition) is 1. The van der Waals surface area contributed by atoms with E-state index >= 15 is 0 Å². The molecule has 0 spiro atoms. The second kappa shape index (κ2) is 9.03. The van der Waals surface area contributed by atoms with Crippen molar-refractivity contribution >= 4 is 17.5 Å². The van der Waals surface area contributed by atoms with Crippen molar-refractivity contribution in [3.63, 3.8) is 0 Å². The number of nitrogens with one attached hydrogen (secondary N) is 1.